The van der Waals surface area contributed by atoms with Gasteiger partial charge in [-0.2, -0.15) is 0 Å². The number of ether oxygens (including phenoxy) is 4. The summed E-state index contributed by atoms with van der Waals surface area (Å²) in [6.07, 6.45) is 3.06. The summed E-state index contributed by atoms with van der Waals surface area (Å²) < 4.78 is 59.2. The SMILES string of the molecule is CCC(C)(C)C(=O)NCC(C)COCC(C)(C)CC(=O)NCC(C)(C)COP(C)CC(=O)NCC(CNC(=O)CC(C)(C)COCC(C)(C)CNC(=O)CC(C)(C)COCC(C)(C)CNC(=O)C(C)(C)CC(C)(C)C)C(=O)NCCOc1ccc(-c2nnc(S(C)(=O)=O)o2)cc1. The Morgan fingerprint density at radius 3 is 1.47 bits per heavy atom. The van der Waals surface area contributed by atoms with Crippen molar-refractivity contribution in [3.8, 4) is 17.2 Å². The summed E-state index contributed by atoms with van der Waals surface area (Å²) in [6.45, 7) is 47.7. The fourth-order valence-corrected chi connectivity index (χ4v) is 11.5. The number of hydrogen-bond acceptors (Lipinski definition) is 17. The monoisotopic (exact) mass is 1390 g/mol. The molecule has 0 aliphatic carbocycles. The second-order valence-corrected chi connectivity index (χ2v) is 37.3. The molecule has 96 heavy (non-hydrogen) atoms. The second kappa shape index (κ2) is 37.7. The van der Waals surface area contributed by atoms with E-state index in [0.717, 1.165) is 19.1 Å². The molecule has 1 aromatic heterocycles. The molecular weight excluding hydrogens is 1270 g/mol. The lowest BCUT2D eigenvalue weighted by molar-refractivity contribution is -0.132. The molecule has 3 unspecified atom stereocenters. The Labute approximate surface area is 576 Å². The maximum absolute atomic E-state index is 13.8. The number of aromatic nitrogens is 2. The molecule has 26 heteroatoms. The van der Waals surface area contributed by atoms with Gasteiger partial charge in [-0.15, -0.1) is 5.10 Å². The van der Waals surface area contributed by atoms with E-state index >= 15 is 0 Å². The molecule has 0 fully saturated rings. The van der Waals surface area contributed by atoms with Gasteiger partial charge in [0.15, 0.2) is 0 Å². The number of nitrogens with zero attached hydrogens (tertiary/aromatic N) is 2. The highest BCUT2D eigenvalue weighted by molar-refractivity contribution is 7.90. The van der Waals surface area contributed by atoms with Crippen LogP contribution in [-0.4, -0.2) is 178 Å². The quantitative estimate of drug-likeness (QED) is 0.0240. The van der Waals surface area contributed by atoms with Crippen molar-refractivity contribution in [1.29, 1.82) is 0 Å². The van der Waals surface area contributed by atoms with E-state index in [1.165, 1.54) is 0 Å². The average molecular weight is 1390 g/mol. The third-order valence-corrected chi connectivity index (χ3v) is 17.8. The van der Waals surface area contributed by atoms with E-state index in [-0.39, 0.29) is 123 Å². The third-order valence-electron chi connectivity index (χ3n) is 15.7. The van der Waals surface area contributed by atoms with Crippen molar-refractivity contribution in [2.24, 2.45) is 60.6 Å². The lowest BCUT2D eigenvalue weighted by Gasteiger charge is -2.33. The smallest absolute Gasteiger partial charge is 0.335 e. The van der Waals surface area contributed by atoms with Gasteiger partial charge >= 0.3 is 5.22 Å². The van der Waals surface area contributed by atoms with Gasteiger partial charge in [0, 0.05) is 106 Å². The van der Waals surface area contributed by atoms with E-state index in [2.05, 4.69) is 68.2 Å². The van der Waals surface area contributed by atoms with Gasteiger partial charge in [0.05, 0.1) is 64.9 Å². The van der Waals surface area contributed by atoms with Gasteiger partial charge in [0.25, 0.3) is 0 Å². The summed E-state index contributed by atoms with van der Waals surface area (Å²) in [7, 11) is -4.94. The molecule has 24 nitrogen and oxygen atoms in total. The Morgan fingerprint density at radius 1 is 0.542 bits per heavy atom. The van der Waals surface area contributed by atoms with Crippen LogP contribution in [0.5, 0.6) is 5.75 Å². The number of amides is 7. The summed E-state index contributed by atoms with van der Waals surface area (Å²) in [5.74, 6) is -1.62. The number of nitrogens with one attached hydrogen (secondary N) is 7. The highest BCUT2D eigenvalue weighted by atomic mass is 32.2. The van der Waals surface area contributed by atoms with Gasteiger partial charge in [-0.1, -0.05) is 150 Å². The highest BCUT2D eigenvalue weighted by Crippen LogP contribution is 2.36. The topological polar surface area (TPSA) is 323 Å². The van der Waals surface area contributed by atoms with Crippen LogP contribution in [0.4, 0.5) is 0 Å². The first-order valence-corrected chi connectivity index (χ1v) is 37.4. The first-order chi connectivity index (χ1) is 43.9. The zero-order valence-corrected chi connectivity index (χ0v) is 64.4. The Balaban J connectivity index is 1.96. The molecule has 0 aliphatic heterocycles. The molecule has 2 rings (SSSR count). The fourth-order valence-electron chi connectivity index (χ4n) is 9.89. The Morgan fingerprint density at radius 2 is 0.990 bits per heavy atom. The lowest BCUT2D eigenvalue weighted by Crippen LogP contribution is -2.46. The van der Waals surface area contributed by atoms with E-state index in [1.54, 1.807) is 24.3 Å². The number of rotatable bonds is 46. The molecule has 3 atom stereocenters. The predicted molar refractivity (Wildman–Crippen MR) is 377 cm³/mol. The zero-order valence-electron chi connectivity index (χ0n) is 62.7. The van der Waals surface area contributed by atoms with E-state index in [1.807, 2.05) is 131 Å². The van der Waals surface area contributed by atoms with Crippen molar-refractivity contribution >= 4 is 59.3 Å². The van der Waals surface area contributed by atoms with E-state index in [4.69, 9.17) is 27.9 Å². The minimum Gasteiger partial charge on any atom is -0.492 e. The Kier molecular flexibility index (Phi) is 34.1. The molecule has 0 saturated carbocycles. The number of sulfone groups is 1. The van der Waals surface area contributed by atoms with Crippen molar-refractivity contribution in [2.75, 3.05) is 118 Å². The molecule has 0 radical (unpaired) electrons. The van der Waals surface area contributed by atoms with Crippen LogP contribution in [0.2, 0.25) is 0 Å². The van der Waals surface area contributed by atoms with Gasteiger partial charge in [0.2, 0.25) is 57.1 Å². The lowest BCUT2D eigenvalue weighted by atomic mass is 9.75. The predicted octanol–water partition coefficient (Wildman–Crippen LogP) is 8.90. The van der Waals surface area contributed by atoms with Crippen molar-refractivity contribution in [3.63, 3.8) is 0 Å². The van der Waals surface area contributed by atoms with Gasteiger partial charge in [-0.25, -0.2) is 8.42 Å². The molecule has 0 saturated heterocycles. The maximum atomic E-state index is 13.8. The van der Waals surface area contributed by atoms with Crippen LogP contribution in [0.3, 0.4) is 0 Å². The van der Waals surface area contributed by atoms with Crippen LogP contribution in [-0.2, 0) is 62.1 Å². The van der Waals surface area contributed by atoms with Gasteiger partial charge in [-0.05, 0) is 71.3 Å². The summed E-state index contributed by atoms with van der Waals surface area (Å²) in [4.78, 5) is 92.7. The highest BCUT2D eigenvalue weighted by Gasteiger charge is 2.35. The molecule has 1 heterocycles. The van der Waals surface area contributed by atoms with Crippen LogP contribution in [0.1, 0.15) is 178 Å². The van der Waals surface area contributed by atoms with Crippen LogP contribution in [0.15, 0.2) is 33.9 Å². The van der Waals surface area contributed by atoms with Crippen molar-refractivity contribution < 1.29 is 69.9 Å². The number of benzene rings is 1. The zero-order chi connectivity index (χ0) is 73.4. The molecule has 7 amide bonds. The second-order valence-electron chi connectivity index (χ2n) is 33.6. The van der Waals surface area contributed by atoms with Crippen LogP contribution in [0, 0.1) is 60.6 Å². The van der Waals surface area contributed by atoms with Crippen LogP contribution in [0.25, 0.3) is 11.5 Å². The minimum atomic E-state index is -3.69. The molecule has 0 aliphatic rings. The molecule has 0 bridgehead atoms. The summed E-state index contributed by atoms with van der Waals surface area (Å²) in [5, 5.41) is 27.7. The van der Waals surface area contributed by atoms with Crippen molar-refractivity contribution in [3.05, 3.63) is 24.3 Å². The van der Waals surface area contributed by atoms with Gasteiger partial charge in [0.1, 0.15) is 12.4 Å². The van der Waals surface area contributed by atoms with Crippen molar-refractivity contribution in [1.82, 2.24) is 47.4 Å². The summed E-state index contributed by atoms with van der Waals surface area (Å²) >= 11 is 0. The minimum absolute atomic E-state index is 0.0159. The van der Waals surface area contributed by atoms with Crippen molar-refractivity contribution in [2.45, 2.75) is 183 Å². The van der Waals surface area contributed by atoms with E-state index in [9.17, 15) is 42.0 Å². The molecule has 2 aromatic rings. The normalized spacial score (nSPS) is 14.0. The van der Waals surface area contributed by atoms with Gasteiger partial charge < -0.3 is 65.1 Å². The van der Waals surface area contributed by atoms with Gasteiger partial charge in [-0.3, -0.25) is 33.6 Å². The van der Waals surface area contributed by atoms with E-state index in [0.29, 0.717) is 70.5 Å². The fraction of sp³-hybridized carbons (Fsp3) is 0.786. The molecule has 0 spiro atoms. The molecular formula is C70H124N9O15PS. The molecule has 7 N–H and O–H groups in total. The van der Waals surface area contributed by atoms with Crippen LogP contribution < -0.4 is 42.0 Å². The average Bonchev–Trinajstić information content (AvgIpc) is 1.67. The summed E-state index contributed by atoms with van der Waals surface area (Å²) in [6, 6.07) is 6.50. The number of hydrogen-bond donors (Lipinski definition) is 7. The van der Waals surface area contributed by atoms with Crippen LogP contribution >= 0.6 is 8.15 Å². The third kappa shape index (κ3) is 36.5. The Bertz CT molecular complexity index is 2920. The number of carbonyl (C=O) groups is 7. The first kappa shape index (κ1) is 86.8. The maximum Gasteiger partial charge on any atom is 0.335 e. The number of carbonyl (C=O) groups excluding carboxylic acids is 7. The molecule has 1 aromatic carbocycles. The largest absolute Gasteiger partial charge is 0.492 e. The molecule has 550 valence electrons. The Hall–Kier alpha value is -5.33. The standard InChI is InChI=1S/C70H124N9O15PS/c1-24-69(18,19)59(85)74-34-49(2)37-89-43-63(6,7)32-54(81)76-41-68(16,17)48-93-95(22)38-56(83)73-36-51(57(84)71-29-30-92-52-27-25-50(26-28-52)58-78-79-61(94-58)96(23,87)88)35-72-53(80)31-64(8,9)44-90-46-66(12,13)40-75-55(82)33-65(10,11)45-91-47-67(14,15)42-77-60(86)70(20,21)39-62(3,4)5/h25-28,49,51H,24,29-48H2,1-23H3,(H,71,84)(H,72,80)(H,73,83)(H,74,85)(H,75,82)(H,76,81)(H,77,86). The first-order valence-electron chi connectivity index (χ1n) is 33.6. The van der Waals surface area contributed by atoms with E-state index < -0.39 is 72.9 Å². The summed E-state index contributed by atoms with van der Waals surface area (Å²) in [5.41, 5.74) is -3.18.